The van der Waals surface area contributed by atoms with Gasteiger partial charge in [0.25, 0.3) is 5.56 Å². The van der Waals surface area contributed by atoms with Crippen LogP contribution >= 0.6 is 0 Å². The fourth-order valence-corrected chi connectivity index (χ4v) is 3.95. The molecule has 2 heterocycles. The largest absolute Gasteiger partial charge is 0.467 e. The molecular formula is C27H24N6O2. The van der Waals surface area contributed by atoms with Gasteiger partial charge in [-0.25, -0.2) is 15.0 Å². The van der Waals surface area contributed by atoms with Crippen LogP contribution in [0, 0.1) is 11.3 Å². The number of ether oxygens (including phenoxy) is 1. The average Bonchev–Trinajstić information content (AvgIpc) is 2.91. The van der Waals surface area contributed by atoms with Crippen molar-refractivity contribution in [2.24, 2.45) is 4.99 Å². The smallest absolute Gasteiger partial charge is 0.316 e. The number of aromatic nitrogens is 3. The molecule has 8 heteroatoms. The van der Waals surface area contributed by atoms with E-state index in [4.69, 9.17) is 4.74 Å². The number of fused-ring (bicyclic) bond motifs is 1. The Hall–Kier alpha value is -4.77. The number of methoxy groups -OCH3 is 1. The lowest BCUT2D eigenvalue weighted by Gasteiger charge is -2.22. The van der Waals surface area contributed by atoms with Crippen molar-refractivity contribution in [1.82, 2.24) is 19.9 Å². The predicted octanol–water partition coefficient (Wildman–Crippen LogP) is 4.56. The number of allylic oxidation sites excluding steroid dienone is 1. The maximum absolute atomic E-state index is 14.1. The number of nitrogens with zero attached hydrogens (tertiary/aromatic N) is 5. The van der Waals surface area contributed by atoms with Crippen LogP contribution in [0.5, 0.6) is 6.01 Å². The molecule has 8 nitrogen and oxygen atoms in total. The number of nitrogens with one attached hydrogen (secondary N) is 1. The summed E-state index contributed by atoms with van der Waals surface area (Å²) in [5.41, 5.74) is 3.08. The van der Waals surface area contributed by atoms with E-state index in [1.54, 1.807) is 23.9 Å². The molecule has 2 aromatic heterocycles. The van der Waals surface area contributed by atoms with Gasteiger partial charge in [0, 0.05) is 29.3 Å². The quantitative estimate of drug-likeness (QED) is 0.317. The molecule has 0 fully saturated rings. The molecule has 0 saturated heterocycles. The minimum absolute atomic E-state index is 0.183. The minimum atomic E-state index is -0.357. The van der Waals surface area contributed by atoms with Crippen LogP contribution in [0.15, 0.2) is 88.2 Å². The third kappa shape index (κ3) is 4.52. The van der Waals surface area contributed by atoms with Crippen molar-refractivity contribution in [1.29, 1.82) is 5.26 Å². The number of aliphatic imine (C=N–C) groups is 1. The molecule has 4 aromatic rings. The first-order valence-corrected chi connectivity index (χ1v) is 10.9. The zero-order chi connectivity index (χ0) is 24.9. The van der Waals surface area contributed by atoms with E-state index in [-0.39, 0.29) is 17.6 Å². The van der Waals surface area contributed by atoms with Crippen molar-refractivity contribution >= 4 is 17.5 Å². The lowest BCUT2D eigenvalue weighted by molar-refractivity contribution is 0.380. The summed E-state index contributed by atoms with van der Waals surface area (Å²) in [5, 5.41) is 13.8. The highest BCUT2D eigenvalue weighted by Crippen LogP contribution is 2.29. The van der Waals surface area contributed by atoms with Crippen molar-refractivity contribution in [2.75, 3.05) is 7.11 Å². The molecule has 0 saturated carbocycles. The average molecular weight is 465 g/mol. The Labute approximate surface area is 202 Å². The molecule has 1 atom stereocenters. The van der Waals surface area contributed by atoms with E-state index < -0.39 is 0 Å². The molecule has 0 aliphatic carbocycles. The van der Waals surface area contributed by atoms with Crippen LogP contribution in [0.3, 0.4) is 0 Å². The van der Waals surface area contributed by atoms with Crippen LogP contribution in [0.4, 0.5) is 0 Å². The van der Waals surface area contributed by atoms with Crippen LogP contribution < -0.4 is 15.6 Å². The van der Waals surface area contributed by atoms with E-state index in [0.29, 0.717) is 28.0 Å². The maximum Gasteiger partial charge on any atom is 0.316 e. The van der Waals surface area contributed by atoms with E-state index >= 15 is 0 Å². The molecule has 174 valence electrons. The molecule has 0 unspecified atom stereocenters. The molecule has 4 rings (SSSR count). The van der Waals surface area contributed by atoms with E-state index in [0.717, 1.165) is 16.6 Å². The Morgan fingerprint density at radius 1 is 1.17 bits per heavy atom. The predicted molar refractivity (Wildman–Crippen MR) is 137 cm³/mol. The van der Waals surface area contributed by atoms with Gasteiger partial charge in [-0.05, 0) is 49.7 Å². The fourth-order valence-electron chi connectivity index (χ4n) is 3.95. The molecule has 35 heavy (non-hydrogen) atoms. The topological polar surface area (TPSA) is 105 Å². The third-order valence-electron chi connectivity index (χ3n) is 5.69. The van der Waals surface area contributed by atoms with Crippen LogP contribution in [0.1, 0.15) is 25.6 Å². The number of hydrogen-bond donors (Lipinski definition) is 1. The number of hydrogen-bond acceptors (Lipinski definition) is 7. The highest BCUT2D eigenvalue weighted by Gasteiger charge is 2.19. The minimum Gasteiger partial charge on any atom is -0.467 e. The van der Waals surface area contributed by atoms with E-state index in [9.17, 15) is 10.1 Å². The van der Waals surface area contributed by atoms with Gasteiger partial charge in [0.05, 0.1) is 30.2 Å². The first-order chi connectivity index (χ1) is 17.0. The Balaban J connectivity index is 1.98. The van der Waals surface area contributed by atoms with Crippen molar-refractivity contribution in [3.63, 3.8) is 0 Å². The molecule has 0 aliphatic rings. The molecule has 0 spiro atoms. The number of pyridine rings is 1. The zero-order valence-electron chi connectivity index (χ0n) is 19.7. The summed E-state index contributed by atoms with van der Waals surface area (Å²) in [6.45, 7) is 7.15. The lowest BCUT2D eigenvalue weighted by Crippen LogP contribution is -2.28. The molecule has 2 aromatic carbocycles. The van der Waals surface area contributed by atoms with Gasteiger partial charge in [-0.2, -0.15) is 5.26 Å². The summed E-state index contributed by atoms with van der Waals surface area (Å²) in [6.07, 6.45) is 3.28. The van der Waals surface area contributed by atoms with Crippen LogP contribution in [0.2, 0.25) is 0 Å². The van der Waals surface area contributed by atoms with Crippen LogP contribution in [0.25, 0.3) is 27.6 Å². The molecule has 0 bridgehead atoms. The molecule has 0 radical (unpaired) electrons. The zero-order valence-corrected chi connectivity index (χ0v) is 19.7. The van der Waals surface area contributed by atoms with Crippen molar-refractivity contribution in [2.45, 2.75) is 19.9 Å². The second kappa shape index (κ2) is 10.0. The van der Waals surface area contributed by atoms with Gasteiger partial charge in [-0.3, -0.25) is 9.36 Å². The summed E-state index contributed by atoms with van der Waals surface area (Å²) >= 11 is 0. The lowest BCUT2D eigenvalue weighted by atomic mass is 9.99. The Morgan fingerprint density at radius 3 is 2.51 bits per heavy atom. The standard InChI is InChI=1S/C27H24N6O2/c1-17(14-28)25(29-3)32-18(2)23-13-19-9-8-12-22(20-15-30-27(35-4)31-16-20)24(19)26(34)33(23)21-10-6-5-7-11-21/h5-13,15-16,18,32H,3H2,1-2,4H3/b25-17-/t18-/m0/s1. The van der Waals surface area contributed by atoms with Gasteiger partial charge in [0.1, 0.15) is 5.82 Å². The Morgan fingerprint density at radius 2 is 1.89 bits per heavy atom. The monoisotopic (exact) mass is 464 g/mol. The van der Waals surface area contributed by atoms with Crippen LogP contribution in [-0.2, 0) is 0 Å². The first-order valence-electron chi connectivity index (χ1n) is 10.9. The number of rotatable bonds is 7. The Kier molecular flexibility index (Phi) is 6.69. The molecule has 0 aliphatic heterocycles. The highest BCUT2D eigenvalue weighted by atomic mass is 16.5. The number of benzene rings is 2. The fraction of sp³-hybridized carbons (Fsp3) is 0.148. The molecular weight excluding hydrogens is 440 g/mol. The number of para-hydroxylation sites is 1. The van der Waals surface area contributed by atoms with Gasteiger partial charge in [-0.15, -0.1) is 0 Å². The van der Waals surface area contributed by atoms with Gasteiger partial charge in [0.2, 0.25) is 0 Å². The first kappa shape index (κ1) is 23.4. The maximum atomic E-state index is 14.1. The van der Waals surface area contributed by atoms with Crippen molar-refractivity contribution in [3.05, 3.63) is 94.4 Å². The summed E-state index contributed by atoms with van der Waals surface area (Å²) in [6, 6.07) is 19.1. The van der Waals surface area contributed by atoms with Crippen molar-refractivity contribution < 1.29 is 4.74 Å². The van der Waals surface area contributed by atoms with E-state index in [1.807, 2.05) is 61.5 Å². The molecule has 1 N–H and O–H groups in total. The SMILES string of the molecule is C=N/C(N[C@@H](C)c1cc2cccc(-c3cnc(OC)nc3)c2c(=O)n1-c1ccccc1)=C(\C)C#N. The van der Waals surface area contributed by atoms with Gasteiger partial charge in [0.15, 0.2) is 0 Å². The van der Waals surface area contributed by atoms with Crippen molar-refractivity contribution in [3.8, 4) is 28.9 Å². The second-order valence-electron chi connectivity index (χ2n) is 7.88. The third-order valence-corrected chi connectivity index (χ3v) is 5.69. The summed E-state index contributed by atoms with van der Waals surface area (Å²) in [4.78, 5) is 26.5. The second-order valence-corrected chi connectivity index (χ2v) is 7.88. The van der Waals surface area contributed by atoms with E-state index in [2.05, 4.69) is 33.1 Å². The van der Waals surface area contributed by atoms with Gasteiger partial charge >= 0.3 is 6.01 Å². The Bertz CT molecular complexity index is 1520. The summed E-state index contributed by atoms with van der Waals surface area (Å²) in [7, 11) is 1.50. The number of nitriles is 1. The summed E-state index contributed by atoms with van der Waals surface area (Å²) in [5.74, 6) is 0.372. The van der Waals surface area contributed by atoms with E-state index in [1.165, 1.54) is 7.11 Å². The van der Waals surface area contributed by atoms with Gasteiger partial charge in [-0.1, -0.05) is 36.4 Å². The van der Waals surface area contributed by atoms with Gasteiger partial charge < -0.3 is 10.1 Å². The normalized spacial score (nSPS) is 12.4. The summed E-state index contributed by atoms with van der Waals surface area (Å²) < 4.78 is 6.75. The highest BCUT2D eigenvalue weighted by molar-refractivity contribution is 5.96. The van der Waals surface area contributed by atoms with Crippen LogP contribution in [-0.4, -0.2) is 28.4 Å². The molecule has 0 amide bonds.